The van der Waals surface area contributed by atoms with Crippen molar-refractivity contribution in [3.63, 3.8) is 0 Å². The van der Waals surface area contributed by atoms with Crippen LogP contribution in [0, 0.1) is 0 Å². The van der Waals surface area contributed by atoms with Crippen LogP contribution in [0.1, 0.15) is 206 Å². The molecule has 0 heterocycles. The second-order valence-corrected chi connectivity index (χ2v) is 14.1. The minimum absolute atomic E-state index is 0.178. The van der Waals surface area contributed by atoms with Gasteiger partial charge in [-0.1, -0.05) is 172 Å². The summed E-state index contributed by atoms with van der Waals surface area (Å²) in [6, 6.07) is 0. The first kappa shape index (κ1) is 47.4. The molecule has 49 heavy (non-hydrogen) atoms. The molecule has 0 bridgehead atoms. The highest BCUT2D eigenvalue weighted by Crippen LogP contribution is 2.13. The number of hydrogen-bond donors (Lipinski definition) is 1. The molecular weight excluding hydrogens is 604 g/mol. The summed E-state index contributed by atoms with van der Waals surface area (Å²) in [6.07, 6.45) is 54.5. The van der Waals surface area contributed by atoms with Crippen LogP contribution < -0.4 is 0 Å². The summed E-state index contributed by atoms with van der Waals surface area (Å²) in [4.78, 5) is 12.2. The molecular formula is C45H82O4. The summed E-state index contributed by atoms with van der Waals surface area (Å²) in [5, 5.41) is 9.59. The Balaban J connectivity index is 3.47. The minimum atomic E-state index is -0.541. The predicted molar refractivity (Wildman–Crippen MR) is 214 cm³/mol. The topological polar surface area (TPSA) is 55.8 Å². The van der Waals surface area contributed by atoms with Crippen LogP contribution in [0.3, 0.4) is 0 Å². The van der Waals surface area contributed by atoms with Crippen LogP contribution in [0.25, 0.3) is 0 Å². The molecule has 4 heteroatoms. The van der Waals surface area contributed by atoms with E-state index in [1.807, 2.05) is 0 Å². The first-order valence-corrected chi connectivity index (χ1v) is 21.2. The summed E-state index contributed by atoms with van der Waals surface area (Å²) < 4.78 is 11.1. The van der Waals surface area contributed by atoms with Gasteiger partial charge in [0.1, 0.15) is 6.10 Å². The Kier molecular flexibility index (Phi) is 41.1. The van der Waals surface area contributed by atoms with Gasteiger partial charge >= 0.3 is 5.97 Å². The van der Waals surface area contributed by atoms with Crippen LogP contribution in [0.15, 0.2) is 48.6 Å². The second-order valence-electron chi connectivity index (χ2n) is 14.1. The van der Waals surface area contributed by atoms with Crippen LogP contribution in [0.5, 0.6) is 0 Å². The van der Waals surface area contributed by atoms with E-state index < -0.39 is 6.10 Å². The lowest BCUT2D eigenvalue weighted by Gasteiger charge is -2.15. The van der Waals surface area contributed by atoms with Gasteiger partial charge in [0.25, 0.3) is 0 Å². The molecule has 0 rings (SSSR count). The Bertz CT molecular complexity index is 768. The van der Waals surface area contributed by atoms with E-state index in [0.717, 1.165) is 32.1 Å². The maximum Gasteiger partial charge on any atom is 0.306 e. The van der Waals surface area contributed by atoms with Gasteiger partial charge in [-0.2, -0.15) is 0 Å². The van der Waals surface area contributed by atoms with Gasteiger partial charge in [0, 0.05) is 13.0 Å². The van der Waals surface area contributed by atoms with Crippen LogP contribution >= 0.6 is 0 Å². The Hall–Kier alpha value is -1.65. The van der Waals surface area contributed by atoms with Crippen LogP contribution in [0.4, 0.5) is 0 Å². The van der Waals surface area contributed by atoms with Crippen molar-refractivity contribution in [3.8, 4) is 0 Å². The smallest absolute Gasteiger partial charge is 0.306 e. The number of aliphatic hydroxyl groups excluding tert-OH is 1. The van der Waals surface area contributed by atoms with E-state index in [-0.39, 0.29) is 19.2 Å². The fourth-order valence-electron chi connectivity index (χ4n) is 5.92. The van der Waals surface area contributed by atoms with E-state index in [0.29, 0.717) is 13.0 Å². The quantitative estimate of drug-likeness (QED) is 0.0397. The van der Waals surface area contributed by atoms with Gasteiger partial charge in [0.2, 0.25) is 0 Å². The SMILES string of the molecule is CCCCCC/C=C\CCCCCCCCOCC(CO)OC(=O)CCCCCCCCCC/C=C\C/C=C\C/C=C\CCCCCCC. The lowest BCUT2D eigenvalue weighted by atomic mass is 10.1. The van der Waals surface area contributed by atoms with Gasteiger partial charge < -0.3 is 14.6 Å². The molecule has 4 nitrogen and oxygen atoms in total. The maximum atomic E-state index is 12.2. The second kappa shape index (κ2) is 42.5. The molecule has 0 aliphatic rings. The average molecular weight is 687 g/mol. The Morgan fingerprint density at radius 3 is 1.33 bits per heavy atom. The molecule has 1 atom stereocenters. The standard InChI is InChI=1S/C45H82O4/c1-3-5-7-9-11-13-15-17-19-20-21-22-23-24-25-26-27-28-30-32-34-36-38-40-45(47)49-44(42-46)43-48-41-39-37-35-33-31-29-18-16-14-12-10-8-6-4-2/h14-17,20-21,23-24,44,46H,3-13,18-19,22,25-43H2,1-2H3/b16-14-,17-15-,21-20-,24-23-. The van der Waals surface area contributed by atoms with Gasteiger partial charge in [-0.3, -0.25) is 4.79 Å². The molecule has 0 saturated carbocycles. The molecule has 0 aromatic heterocycles. The maximum absolute atomic E-state index is 12.2. The lowest BCUT2D eigenvalue weighted by molar-refractivity contribution is -0.154. The molecule has 0 aliphatic heterocycles. The van der Waals surface area contributed by atoms with Gasteiger partial charge in [0.15, 0.2) is 0 Å². The fourth-order valence-corrected chi connectivity index (χ4v) is 5.92. The summed E-state index contributed by atoms with van der Waals surface area (Å²) in [6.45, 7) is 5.31. The third-order valence-corrected chi connectivity index (χ3v) is 9.13. The van der Waals surface area contributed by atoms with Crippen molar-refractivity contribution >= 4 is 5.97 Å². The molecule has 0 aromatic carbocycles. The summed E-state index contributed by atoms with van der Waals surface area (Å²) in [7, 11) is 0. The van der Waals surface area contributed by atoms with E-state index in [9.17, 15) is 9.90 Å². The minimum Gasteiger partial charge on any atom is -0.457 e. The van der Waals surface area contributed by atoms with Crippen LogP contribution in [0.2, 0.25) is 0 Å². The van der Waals surface area contributed by atoms with Crippen molar-refractivity contribution in [1.82, 2.24) is 0 Å². The normalized spacial score (nSPS) is 12.8. The van der Waals surface area contributed by atoms with Crippen molar-refractivity contribution < 1.29 is 19.4 Å². The molecule has 1 unspecified atom stereocenters. The molecule has 0 amide bonds. The predicted octanol–water partition coefficient (Wildman–Crippen LogP) is 13.9. The van der Waals surface area contributed by atoms with E-state index in [1.54, 1.807) is 0 Å². The largest absolute Gasteiger partial charge is 0.457 e. The first-order valence-electron chi connectivity index (χ1n) is 21.2. The zero-order valence-corrected chi connectivity index (χ0v) is 32.7. The number of carbonyl (C=O) groups excluding carboxylic acids is 1. The number of carbonyl (C=O) groups is 1. The van der Waals surface area contributed by atoms with Crippen molar-refractivity contribution in [3.05, 3.63) is 48.6 Å². The van der Waals surface area contributed by atoms with Gasteiger partial charge in [-0.25, -0.2) is 0 Å². The molecule has 1 N–H and O–H groups in total. The highest BCUT2D eigenvalue weighted by Gasteiger charge is 2.13. The van der Waals surface area contributed by atoms with Gasteiger partial charge in [-0.15, -0.1) is 0 Å². The van der Waals surface area contributed by atoms with Crippen LogP contribution in [-0.2, 0) is 14.3 Å². The number of allylic oxidation sites excluding steroid dienone is 8. The highest BCUT2D eigenvalue weighted by molar-refractivity contribution is 5.69. The molecule has 0 fully saturated rings. The average Bonchev–Trinajstić information content (AvgIpc) is 3.11. The fraction of sp³-hybridized carbons (Fsp3) is 0.800. The molecule has 286 valence electrons. The summed E-state index contributed by atoms with van der Waals surface area (Å²) in [5.41, 5.74) is 0. The Labute approximate surface area is 305 Å². The summed E-state index contributed by atoms with van der Waals surface area (Å²) >= 11 is 0. The third-order valence-electron chi connectivity index (χ3n) is 9.13. The third kappa shape index (κ3) is 40.7. The van der Waals surface area contributed by atoms with E-state index in [2.05, 4.69) is 62.5 Å². The lowest BCUT2D eigenvalue weighted by Crippen LogP contribution is -2.27. The molecule has 0 spiro atoms. The highest BCUT2D eigenvalue weighted by atomic mass is 16.6. The van der Waals surface area contributed by atoms with Crippen molar-refractivity contribution in [2.24, 2.45) is 0 Å². The Morgan fingerprint density at radius 1 is 0.490 bits per heavy atom. The van der Waals surface area contributed by atoms with E-state index in [4.69, 9.17) is 9.47 Å². The molecule has 0 radical (unpaired) electrons. The first-order chi connectivity index (χ1) is 24.2. The van der Waals surface area contributed by atoms with E-state index in [1.165, 1.54) is 154 Å². The van der Waals surface area contributed by atoms with Crippen LogP contribution in [-0.4, -0.2) is 37.0 Å². The summed E-state index contributed by atoms with van der Waals surface area (Å²) in [5.74, 6) is -0.210. The molecule has 0 aliphatic carbocycles. The Morgan fingerprint density at radius 2 is 0.857 bits per heavy atom. The number of hydrogen-bond acceptors (Lipinski definition) is 4. The molecule has 0 saturated heterocycles. The number of rotatable bonds is 39. The van der Waals surface area contributed by atoms with Crippen molar-refractivity contribution in [2.75, 3.05) is 19.8 Å². The van der Waals surface area contributed by atoms with Crippen molar-refractivity contribution in [2.45, 2.75) is 213 Å². The number of esters is 1. The zero-order valence-electron chi connectivity index (χ0n) is 32.7. The zero-order chi connectivity index (χ0) is 35.6. The molecule has 0 aromatic rings. The monoisotopic (exact) mass is 687 g/mol. The number of ether oxygens (including phenoxy) is 2. The number of aliphatic hydroxyl groups is 1. The van der Waals surface area contributed by atoms with E-state index >= 15 is 0 Å². The van der Waals surface area contributed by atoms with Gasteiger partial charge in [0.05, 0.1) is 13.2 Å². The van der Waals surface area contributed by atoms with Crippen molar-refractivity contribution in [1.29, 1.82) is 0 Å². The van der Waals surface area contributed by atoms with Gasteiger partial charge in [-0.05, 0) is 77.0 Å². The number of unbranched alkanes of at least 4 members (excludes halogenated alkanes) is 23.